The third kappa shape index (κ3) is 2.10. The molecule has 1 aromatic rings. The molecule has 0 spiro atoms. The number of alkyl halides is 3. The monoisotopic (exact) mass is 283 g/mol. The van der Waals surface area contributed by atoms with Gasteiger partial charge in [-0.15, -0.1) is 0 Å². The van der Waals surface area contributed by atoms with Gasteiger partial charge in [0.25, 0.3) is 0 Å². The number of halogens is 4. The first kappa shape index (κ1) is 8.41. The van der Waals surface area contributed by atoms with Crippen LogP contribution in [0.15, 0.2) is 16.6 Å². The Morgan fingerprint density at radius 3 is 2.87 bits per heavy atom. The van der Waals surface area contributed by atoms with Crippen molar-refractivity contribution in [1.82, 2.24) is 0 Å². The van der Waals surface area contributed by atoms with Crippen molar-refractivity contribution < 1.29 is 20.6 Å². The molecule has 2 nitrogen and oxygen atoms in total. The lowest BCUT2D eigenvalue weighted by molar-refractivity contribution is -0.137. The number of hydrogen-bond acceptors (Lipinski definition) is 2. The van der Waals surface area contributed by atoms with E-state index in [1.165, 1.54) is 0 Å². The van der Waals surface area contributed by atoms with E-state index in [4.69, 9.17) is 7.48 Å². The molecule has 2 unspecified atom stereocenters. The van der Waals surface area contributed by atoms with Gasteiger partial charge in [0.05, 0.1) is 20.6 Å². The molecule has 1 N–H and O–H groups in total. The smallest absolute Gasteiger partial charge is 0.361 e. The standard InChI is InChI=1S/C9H7BrF3NO/c10-7-2-6(9(11,12)13)1-5-3-15-4-14-8(5)7/h1-2,14H,3-4H2/i3D,4D. The molecule has 1 heterocycles. The maximum Gasteiger partial charge on any atom is 0.416 e. The fraction of sp³-hybridized carbons (Fsp3) is 0.333. The largest absolute Gasteiger partial charge is 0.416 e. The number of fused-ring (bicyclic) bond motifs is 1. The second kappa shape index (κ2) is 3.68. The molecule has 0 saturated heterocycles. The Morgan fingerprint density at radius 1 is 1.47 bits per heavy atom. The maximum atomic E-state index is 12.6. The Kier molecular flexibility index (Phi) is 2.06. The van der Waals surface area contributed by atoms with Gasteiger partial charge in [0.15, 0.2) is 0 Å². The minimum Gasteiger partial charge on any atom is -0.361 e. The zero-order valence-corrected chi connectivity index (χ0v) is 8.82. The molecule has 0 aliphatic carbocycles. The molecule has 6 heteroatoms. The van der Waals surface area contributed by atoms with Crippen LogP contribution in [0.3, 0.4) is 0 Å². The van der Waals surface area contributed by atoms with Crippen LogP contribution in [-0.2, 0) is 17.5 Å². The third-order valence-corrected chi connectivity index (χ3v) is 2.54. The van der Waals surface area contributed by atoms with Crippen molar-refractivity contribution in [3.8, 4) is 0 Å². The highest BCUT2D eigenvalue weighted by molar-refractivity contribution is 9.10. The van der Waals surface area contributed by atoms with E-state index in [1.807, 2.05) is 0 Å². The van der Waals surface area contributed by atoms with Gasteiger partial charge in [-0.3, -0.25) is 0 Å². The predicted molar refractivity (Wildman–Crippen MR) is 52.4 cm³/mol. The van der Waals surface area contributed by atoms with Crippen LogP contribution < -0.4 is 5.32 Å². The minimum atomic E-state index is -4.48. The summed E-state index contributed by atoms with van der Waals surface area (Å²) in [6, 6.07) is 1.77. The van der Waals surface area contributed by atoms with E-state index in [0.29, 0.717) is 5.69 Å². The molecular formula is C9H7BrF3NO. The van der Waals surface area contributed by atoms with Gasteiger partial charge in [-0.1, -0.05) is 0 Å². The predicted octanol–water partition coefficient (Wildman–Crippen LogP) is 3.37. The van der Waals surface area contributed by atoms with Crippen LogP contribution in [-0.4, -0.2) is 6.71 Å². The minimum absolute atomic E-state index is 0.0650. The van der Waals surface area contributed by atoms with Gasteiger partial charge >= 0.3 is 6.18 Å². The Balaban J connectivity index is 2.54. The van der Waals surface area contributed by atoms with Crippen LogP contribution in [0.2, 0.25) is 0 Å². The van der Waals surface area contributed by atoms with E-state index in [0.717, 1.165) is 12.1 Å². The Hall–Kier alpha value is -0.750. The maximum absolute atomic E-state index is 12.6. The average molecular weight is 284 g/mol. The van der Waals surface area contributed by atoms with Crippen LogP contribution in [0.1, 0.15) is 13.9 Å². The Bertz CT molecular complexity index is 455. The fourth-order valence-corrected chi connectivity index (χ4v) is 1.83. The molecule has 15 heavy (non-hydrogen) atoms. The molecule has 2 atom stereocenters. The van der Waals surface area contributed by atoms with Crippen molar-refractivity contribution in [3.63, 3.8) is 0 Å². The Labute approximate surface area is 95.4 Å². The summed E-state index contributed by atoms with van der Waals surface area (Å²) in [5.74, 6) is 0. The lowest BCUT2D eigenvalue weighted by Gasteiger charge is -2.21. The van der Waals surface area contributed by atoms with Crippen LogP contribution >= 0.6 is 15.9 Å². The van der Waals surface area contributed by atoms with Crippen LogP contribution in [0.25, 0.3) is 0 Å². The van der Waals surface area contributed by atoms with Gasteiger partial charge in [-0.05, 0) is 28.1 Å². The van der Waals surface area contributed by atoms with Gasteiger partial charge in [0.1, 0.15) is 6.71 Å². The van der Waals surface area contributed by atoms with Gasteiger partial charge in [0, 0.05) is 10.0 Å². The number of hydrogen-bond donors (Lipinski definition) is 1. The molecule has 2 rings (SSSR count). The summed E-state index contributed by atoms with van der Waals surface area (Å²) in [6.45, 7) is -2.45. The number of benzene rings is 1. The van der Waals surface area contributed by atoms with E-state index in [2.05, 4.69) is 21.2 Å². The Morgan fingerprint density at radius 2 is 2.20 bits per heavy atom. The van der Waals surface area contributed by atoms with Crippen molar-refractivity contribution in [2.24, 2.45) is 0 Å². The molecule has 0 aromatic heterocycles. The van der Waals surface area contributed by atoms with Crippen LogP contribution in [0.5, 0.6) is 0 Å². The molecule has 1 aliphatic rings. The lowest BCUT2D eigenvalue weighted by Crippen LogP contribution is -2.16. The summed E-state index contributed by atoms with van der Waals surface area (Å²) in [6.07, 6.45) is -4.48. The van der Waals surface area contributed by atoms with Crippen molar-refractivity contribution in [1.29, 1.82) is 0 Å². The highest BCUT2D eigenvalue weighted by Crippen LogP contribution is 2.37. The quantitative estimate of drug-likeness (QED) is 0.788. The van der Waals surface area contributed by atoms with E-state index >= 15 is 0 Å². The lowest BCUT2D eigenvalue weighted by atomic mass is 10.1. The zero-order valence-electron chi connectivity index (χ0n) is 9.23. The zero-order chi connectivity index (χ0) is 12.8. The molecule has 1 aliphatic heterocycles. The van der Waals surface area contributed by atoms with Crippen molar-refractivity contribution in [2.75, 3.05) is 12.0 Å². The van der Waals surface area contributed by atoms with Gasteiger partial charge in [-0.2, -0.15) is 13.2 Å². The molecular weight excluding hydrogens is 275 g/mol. The normalized spacial score (nSPS) is 27.5. The summed E-state index contributed by atoms with van der Waals surface area (Å²) in [5.41, 5.74) is -0.492. The second-order valence-electron chi connectivity index (χ2n) is 2.94. The molecule has 1 aromatic carbocycles. The van der Waals surface area contributed by atoms with Crippen molar-refractivity contribution in [2.45, 2.75) is 12.8 Å². The van der Waals surface area contributed by atoms with E-state index in [1.54, 1.807) is 0 Å². The van der Waals surface area contributed by atoms with Crippen molar-refractivity contribution >= 4 is 21.6 Å². The summed E-state index contributed by atoms with van der Waals surface area (Å²) >= 11 is 3.00. The fourth-order valence-electron chi connectivity index (χ4n) is 1.24. The number of anilines is 1. The SMILES string of the molecule is [2H]C1Nc2c(Br)cc(C(F)(F)F)cc2C([2H])O1. The molecule has 82 valence electrons. The van der Waals surface area contributed by atoms with Crippen LogP contribution in [0, 0.1) is 0 Å². The second-order valence-corrected chi connectivity index (χ2v) is 3.79. The third-order valence-electron chi connectivity index (χ3n) is 1.91. The molecule has 0 amide bonds. The molecule has 0 radical (unpaired) electrons. The van der Waals surface area contributed by atoms with E-state index in [9.17, 15) is 13.2 Å². The molecule has 0 fully saturated rings. The highest BCUT2D eigenvalue weighted by Gasteiger charge is 2.32. The summed E-state index contributed by atoms with van der Waals surface area (Å²) in [4.78, 5) is 0. The number of ether oxygens (including phenoxy) is 1. The summed E-state index contributed by atoms with van der Waals surface area (Å²) < 4.78 is 57.4. The first-order valence-electron chi connectivity index (χ1n) is 5.11. The first-order chi connectivity index (χ1) is 7.79. The first-order valence-corrected chi connectivity index (χ1v) is 4.75. The van der Waals surface area contributed by atoms with Crippen LogP contribution in [0.4, 0.5) is 18.9 Å². The number of nitrogens with one attached hydrogen (secondary N) is 1. The van der Waals surface area contributed by atoms with E-state index < -0.39 is 25.0 Å². The van der Waals surface area contributed by atoms with Gasteiger partial charge < -0.3 is 10.1 Å². The van der Waals surface area contributed by atoms with Gasteiger partial charge in [0.2, 0.25) is 0 Å². The summed E-state index contributed by atoms with van der Waals surface area (Å²) in [7, 11) is 0. The molecule has 0 bridgehead atoms. The molecule has 0 saturated carbocycles. The average Bonchev–Trinajstić information content (AvgIpc) is 2.17. The van der Waals surface area contributed by atoms with Gasteiger partial charge in [-0.25, -0.2) is 0 Å². The number of rotatable bonds is 0. The topological polar surface area (TPSA) is 21.3 Å². The summed E-state index contributed by atoms with van der Waals surface area (Å²) in [5, 5.41) is 2.55. The van der Waals surface area contributed by atoms with Crippen molar-refractivity contribution in [3.05, 3.63) is 27.7 Å². The van der Waals surface area contributed by atoms with E-state index in [-0.39, 0.29) is 10.0 Å². The highest BCUT2D eigenvalue weighted by atomic mass is 79.9.